The molecule has 21 heavy (non-hydrogen) atoms. The van der Waals surface area contributed by atoms with E-state index in [2.05, 4.69) is 29.5 Å². The van der Waals surface area contributed by atoms with Gasteiger partial charge in [0.05, 0.1) is 17.7 Å². The number of amides is 1. The molecule has 4 nitrogen and oxygen atoms in total. The van der Waals surface area contributed by atoms with Crippen LogP contribution in [0.4, 0.5) is 5.69 Å². The monoisotopic (exact) mass is 305 g/mol. The van der Waals surface area contributed by atoms with Crippen LogP contribution < -0.4 is 5.32 Å². The number of anilines is 1. The number of carbonyl (C=O) groups excluding carboxylic acids is 1. The molecule has 0 bridgehead atoms. The predicted octanol–water partition coefficient (Wildman–Crippen LogP) is 2.96. The van der Waals surface area contributed by atoms with Gasteiger partial charge in [-0.15, -0.1) is 0 Å². The number of benzene rings is 1. The molecule has 0 aliphatic heterocycles. The molecule has 0 spiro atoms. The molecule has 0 aliphatic rings. The number of rotatable bonds is 7. The Balaban J connectivity index is 2.63. The van der Waals surface area contributed by atoms with Crippen LogP contribution >= 0.6 is 11.8 Å². The first kappa shape index (κ1) is 17.5. The van der Waals surface area contributed by atoms with Crippen molar-refractivity contribution >= 4 is 23.4 Å². The molecule has 5 heteroatoms. The van der Waals surface area contributed by atoms with Crippen LogP contribution in [-0.2, 0) is 4.79 Å². The first-order valence-corrected chi connectivity index (χ1v) is 8.41. The van der Waals surface area contributed by atoms with E-state index in [1.807, 2.05) is 25.7 Å². The summed E-state index contributed by atoms with van der Waals surface area (Å²) in [6.45, 7) is 4.04. The maximum absolute atomic E-state index is 12.3. The fourth-order valence-electron chi connectivity index (χ4n) is 1.97. The lowest BCUT2D eigenvalue weighted by molar-refractivity contribution is -0.120. The van der Waals surface area contributed by atoms with Crippen LogP contribution in [0.25, 0.3) is 0 Å². The van der Waals surface area contributed by atoms with Gasteiger partial charge in [0.15, 0.2) is 0 Å². The zero-order valence-corrected chi connectivity index (χ0v) is 13.9. The van der Waals surface area contributed by atoms with E-state index < -0.39 is 0 Å². The number of thioether (sulfide) groups is 1. The van der Waals surface area contributed by atoms with Crippen molar-refractivity contribution in [3.05, 3.63) is 29.8 Å². The molecular weight excluding hydrogens is 282 g/mol. The van der Waals surface area contributed by atoms with E-state index in [0.717, 1.165) is 12.2 Å². The second kappa shape index (κ2) is 8.71. The summed E-state index contributed by atoms with van der Waals surface area (Å²) >= 11 is 1.82. The zero-order valence-electron chi connectivity index (χ0n) is 13.1. The van der Waals surface area contributed by atoms with Gasteiger partial charge >= 0.3 is 0 Å². The molecule has 0 saturated heterocycles. The lowest BCUT2D eigenvalue weighted by Crippen LogP contribution is -2.44. The Morgan fingerprint density at radius 1 is 1.48 bits per heavy atom. The largest absolute Gasteiger partial charge is 0.325 e. The normalized spacial score (nSPS) is 13.5. The summed E-state index contributed by atoms with van der Waals surface area (Å²) in [4.78, 5) is 14.4. The fraction of sp³-hybridized carbons (Fsp3) is 0.500. The molecular formula is C16H23N3OS. The second-order valence-corrected chi connectivity index (χ2v) is 6.14. The predicted molar refractivity (Wildman–Crippen MR) is 89.5 cm³/mol. The SMILES string of the molecule is CSCCC(C)N(C)C(C)C(=O)Nc1cccc(C#N)c1. The summed E-state index contributed by atoms with van der Waals surface area (Å²) in [5, 5.41) is 11.7. The van der Waals surface area contributed by atoms with Crippen molar-refractivity contribution in [3.63, 3.8) is 0 Å². The zero-order chi connectivity index (χ0) is 15.8. The topological polar surface area (TPSA) is 56.1 Å². The van der Waals surface area contributed by atoms with Gasteiger partial charge in [0.2, 0.25) is 5.91 Å². The summed E-state index contributed by atoms with van der Waals surface area (Å²) in [5.41, 5.74) is 1.21. The Labute approximate surface area is 131 Å². The molecule has 2 atom stereocenters. The van der Waals surface area contributed by atoms with Crippen molar-refractivity contribution in [1.82, 2.24) is 4.90 Å². The minimum Gasteiger partial charge on any atom is -0.325 e. The van der Waals surface area contributed by atoms with Crippen molar-refractivity contribution < 1.29 is 4.79 Å². The summed E-state index contributed by atoms with van der Waals surface area (Å²) in [6.07, 6.45) is 3.14. The molecule has 1 N–H and O–H groups in total. The number of nitrogens with zero attached hydrogens (tertiary/aromatic N) is 2. The molecule has 1 amide bonds. The Morgan fingerprint density at radius 2 is 2.19 bits per heavy atom. The van der Waals surface area contributed by atoms with Crippen molar-refractivity contribution in [1.29, 1.82) is 5.26 Å². The summed E-state index contributed by atoms with van der Waals surface area (Å²) in [5.74, 6) is 1.04. The van der Waals surface area contributed by atoms with E-state index in [0.29, 0.717) is 17.3 Å². The lowest BCUT2D eigenvalue weighted by Gasteiger charge is -2.29. The van der Waals surface area contributed by atoms with E-state index in [1.165, 1.54) is 0 Å². The molecule has 0 saturated carbocycles. The van der Waals surface area contributed by atoms with Crippen LogP contribution in [-0.4, -0.2) is 41.9 Å². The molecule has 0 aromatic heterocycles. The van der Waals surface area contributed by atoms with Gasteiger partial charge in [0.25, 0.3) is 0 Å². The molecule has 1 rings (SSSR count). The second-order valence-electron chi connectivity index (χ2n) is 5.15. The molecule has 0 heterocycles. The first-order chi connectivity index (χ1) is 9.99. The van der Waals surface area contributed by atoms with Crippen molar-refractivity contribution in [2.24, 2.45) is 0 Å². The molecule has 0 fully saturated rings. The molecule has 0 radical (unpaired) electrons. The van der Waals surface area contributed by atoms with Crippen molar-refractivity contribution in [2.75, 3.05) is 24.4 Å². The highest BCUT2D eigenvalue weighted by molar-refractivity contribution is 7.98. The number of nitriles is 1. The third-order valence-corrected chi connectivity index (χ3v) is 4.33. The highest BCUT2D eigenvalue weighted by Crippen LogP contribution is 2.13. The molecule has 2 unspecified atom stereocenters. The van der Waals surface area contributed by atoms with E-state index >= 15 is 0 Å². The van der Waals surface area contributed by atoms with Gasteiger partial charge in [0, 0.05) is 11.7 Å². The Bertz CT molecular complexity index is 512. The van der Waals surface area contributed by atoms with Gasteiger partial charge in [-0.25, -0.2) is 0 Å². The minimum absolute atomic E-state index is 0.0522. The van der Waals surface area contributed by atoms with Gasteiger partial charge in [-0.3, -0.25) is 9.69 Å². The van der Waals surface area contributed by atoms with Crippen LogP contribution in [0.2, 0.25) is 0 Å². The van der Waals surface area contributed by atoms with E-state index in [9.17, 15) is 4.79 Å². The van der Waals surface area contributed by atoms with Gasteiger partial charge in [-0.05, 0) is 57.5 Å². The van der Waals surface area contributed by atoms with Crippen LogP contribution in [0.1, 0.15) is 25.8 Å². The number of nitrogens with one attached hydrogen (secondary N) is 1. The minimum atomic E-state index is -0.215. The smallest absolute Gasteiger partial charge is 0.241 e. The molecule has 1 aromatic rings. The summed E-state index contributed by atoms with van der Waals surface area (Å²) < 4.78 is 0. The van der Waals surface area contributed by atoms with E-state index in [1.54, 1.807) is 24.3 Å². The maximum atomic E-state index is 12.3. The Kier molecular flexibility index (Phi) is 7.27. The third kappa shape index (κ3) is 5.41. The summed E-state index contributed by atoms with van der Waals surface area (Å²) in [7, 11) is 1.97. The molecule has 0 aliphatic carbocycles. The van der Waals surface area contributed by atoms with Gasteiger partial charge in [-0.2, -0.15) is 17.0 Å². The fourth-order valence-corrected chi connectivity index (χ4v) is 2.55. The number of hydrogen-bond donors (Lipinski definition) is 1. The first-order valence-electron chi connectivity index (χ1n) is 7.01. The number of likely N-dealkylation sites (N-methyl/N-ethyl adjacent to an activating group) is 1. The third-order valence-electron chi connectivity index (χ3n) is 3.68. The van der Waals surface area contributed by atoms with Gasteiger partial charge in [0.1, 0.15) is 0 Å². The lowest BCUT2D eigenvalue weighted by atomic mass is 10.1. The number of carbonyl (C=O) groups is 1. The quantitative estimate of drug-likeness (QED) is 0.841. The average molecular weight is 305 g/mol. The van der Waals surface area contributed by atoms with Crippen LogP contribution in [0.3, 0.4) is 0 Å². The summed E-state index contributed by atoms with van der Waals surface area (Å²) in [6, 6.07) is 9.17. The van der Waals surface area contributed by atoms with Crippen LogP contribution in [0.15, 0.2) is 24.3 Å². The van der Waals surface area contributed by atoms with Gasteiger partial charge in [-0.1, -0.05) is 6.07 Å². The maximum Gasteiger partial charge on any atom is 0.241 e. The Hall–Kier alpha value is -1.51. The standard InChI is InChI=1S/C16H23N3OS/c1-12(8-9-21-4)19(3)13(2)16(20)18-15-7-5-6-14(10-15)11-17/h5-7,10,12-13H,8-9H2,1-4H3,(H,18,20). The number of hydrogen-bond acceptors (Lipinski definition) is 4. The van der Waals surface area contributed by atoms with Crippen molar-refractivity contribution in [3.8, 4) is 6.07 Å². The van der Waals surface area contributed by atoms with Gasteiger partial charge < -0.3 is 5.32 Å². The van der Waals surface area contributed by atoms with E-state index in [4.69, 9.17) is 5.26 Å². The van der Waals surface area contributed by atoms with Crippen LogP contribution in [0, 0.1) is 11.3 Å². The van der Waals surface area contributed by atoms with E-state index in [-0.39, 0.29) is 11.9 Å². The average Bonchev–Trinajstić information content (AvgIpc) is 2.51. The van der Waals surface area contributed by atoms with Crippen LogP contribution in [0.5, 0.6) is 0 Å². The molecule has 1 aromatic carbocycles. The Morgan fingerprint density at radius 3 is 2.81 bits per heavy atom. The highest BCUT2D eigenvalue weighted by atomic mass is 32.2. The highest BCUT2D eigenvalue weighted by Gasteiger charge is 2.22. The van der Waals surface area contributed by atoms with Crippen molar-refractivity contribution in [2.45, 2.75) is 32.4 Å². The molecule has 114 valence electrons.